The zero-order valence-corrected chi connectivity index (χ0v) is 9.29. The first-order valence-electron chi connectivity index (χ1n) is 5.46. The van der Waals surface area contributed by atoms with Crippen LogP contribution in [0.25, 0.3) is 0 Å². The number of rotatable bonds is 2. The van der Waals surface area contributed by atoms with Gasteiger partial charge in [0.2, 0.25) is 0 Å². The van der Waals surface area contributed by atoms with Gasteiger partial charge in [-0.2, -0.15) is 0 Å². The van der Waals surface area contributed by atoms with Crippen molar-refractivity contribution in [3.8, 4) is 0 Å². The molecule has 0 spiro atoms. The van der Waals surface area contributed by atoms with E-state index in [2.05, 4.69) is 31.2 Å². The highest BCUT2D eigenvalue weighted by atomic mass is 16.1. The Bertz CT molecular complexity index is 415. The number of aryl methyl sites for hydroxylation is 1. The number of Topliss-reactive ketones (excluding diaryl/α,β-unsaturated/α-hetero) is 1. The summed E-state index contributed by atoms with van der Waals surface area (Å²) in [5.41, 5.74) is 3.61. The number of hydrogen-bond acceptors (Lipinski definition) is 1. The van der Waals surface area contributed by atoms with E-state index in [0.717, 1.165) is 18.4 Å². The van der Waals surface area contributed by atoms with Crippen molar-refractivity contribution in [1.82, 2.24) is 0 Å². The number of allylic oxidation sites excluding steroid dienone is 2. The molecule has 1 atom stereocenters. The van der Waals surface area contributed by atoms with Gasteiger partial charge < -0.3 is 0 Å². The van der Waals surface area contributed by atoms with Crippen molar-refractivity contribution >= 4 is 5.78 Å². The Morgan fingerprint density at radius 2 is 2.07 bits per heavy atom. The van der Waals surface area contributed by atoms with Crippen molar-refractivity contribution in [3.05, 3.63) is 47.0 Å². The van der Waals surface area contributed by atoms with Gasteiger partial charge in [-0.05, 0) is 43.4 Å². The fourth-order valence-electron chi connectivity index (χ4n) is 2.39. The van der Waals surface area contributed by atoms with Gasteiger partial charge in [-0.3, -0.25) is 4.79 Å². The van der Waals surface area contributed by atoms with Gasteiger partial charge in [0.15, 0.2) is 5.78 Å². The topological polar surface area (TPSA) is 17.1 Å². The highest BCUT2D eigenvalue weighted by Gasteiger charge is 2.24. The molecular weight excluding hydrogens is 184 g/mol. The summed E-state index contributed by atoms with van der Waals surface area (Å²) in [6.45, 7) is 3.79. The van der Waals surface area contributed by atoms with Crippen molar-refractivity contribution in [3.63, 3.8) is 0 Å². The third-order valence-corrected chi connectivity index (χ3v) is 3.17. The maximum absolute atomic E-state index is 11.5. The highest BCUT2D eigenvalue weighted by molar-refractivity contribution is 5.95. The third kappa shape index (κ3) is 1.87. The van der Waals surface area contributed by atoms with Crippen LogP contribution in [0.2, 0.25) is 0 Å². The van der Waals surface area contributed by atoms with Crippen LogP contribution < -0.4 is 0 Å². The molecule has 0 heterocycles. The Labute approximate surface area is 90.8 Å². The smallest absolute Gasteiger partial charge is 0.156 e. The molecule has 1 aromatic rings. The average Bonchev–Trinajstić information content (AvgIpc) is 2.67. The highest BCUT2D eigenvalue weighted by Crippen LogP contribution is 2.36. The molecule has 2 rings (SSSR count). The molecule has 0 saturated heterocycles. The number of benzene rings is 1. The number of carbonyl (C=O) groups is 1. The normalized spacial score (nSPS) is 20.1. The van der Waals surface area contributed by atoms with Crippen LogP contribution in [0.4, 0.5) is 0 Å². The number of hydrogen-bond donors (Lipinski definition) is 0. The lowest BCUT2D eigenvalue weighted by molar-refractivity contribution is -0.113. The quantitative estimate of drug-likeness (QED) is 0.715. The van der Waals surface area contributed by atoms with Crippen LogP contribution in [0.1, 0.15) is 36.8 Å². The Hall–Kier alpha value is -1.37. The van der Waals surface area contributed by atoms with E-state index in [1.54, 1.807) is 6.92 Å². The first-order valence-corrected chi connectivity index (χ1v) is 5.46. The molecular formula is C14H16O. The molecule has 1 aliphatic rings. The van der Waals surface area contributed by atoms with Crippen LogP contribution in [0.3, 0.4) is 0 Å². The lowest BCUT2D eigenvalue weighted by atomic mass is 9.88. The second-order valence-corrected chi connectivity index (χ2v) is 4.20. The first-order chi connectivity index (χ1) is 7.20. The van der Waals surface area contributed by atoms with Gasteiger partial charge in [0.1, 0.15) is 0 Å². The van der Waals surface area contributed by atoms with Crippen molar-refractivity contribution in [2.24, 2.45) is 0 Å². The van der Waals surface area contributed by atoms with E-state index in [-0.39, 0.29) is 5.78 Å². The molecule has 0 bridgehead atoms. The Morgan fingerprint density at radius 1 is 1.33 bits per heavy atom. The molecule has 0 aliphatic heterocycles. The Balaban J connectivity index is 2.37. The predicted octanol–water partition coefficient (Wildman–Crippen LogP) is 3.39. The SMILES string of the molecule is CC(=O)C1=CCCC1c1ccccc1C. The average molecular weight is 200 g/mol. The standard InChI is InChI=1S/C14H16O/c1-10-6-3-4-7-12(10)14-9-5-8-13(14)11(2)15/h3-4,6-8,14H,5,9H2,1-2H3. The molecule has 1 aliphatic carbocycles. The zero-order chi connectivity index (χ0) is 10.8. The van der Waals surface area contributed by atoms with Gasteiger partial charge in [0.25, 0.3) is 0 Å². The summed E-state index contributed by atoms with van der Waals surface area (Å²) < 4.78 is 0. The summed E-state index contributed by atoms with van der Waals surface area (Å²) in [6, 6.07) is 8.36. The van der Waals surface area contributed by atoms with Crippen LogP contribution in [0.15, 0.2) is 35.9 Å². The lowest BCUT2D eigenvalue weighted by Gasteiger charge is -2.15. The monoisotopic (exact) mass is 200 g/mol. The molecule has 0 N–H and O–H groups in total. The second kappa shape index (κ2) is 4.01. The largest absolute Gasteiger partial charge is 0.295 e. The Kier molecular flexibility index (Phi) is 2.72. The second-order valence-electron chi connectivity index (χ2n) is 4.20. The minimum atomic E-state index is 0.223. The fraction of sp³-hybridized carbons (Fsp3) is 0.357. The number of ketones is 1. The molecule has 1 nitrogen and oxygen atoms in total. The van der Waals surface area contributed by atoms with Crippen molar-refractivity contribution < 1.29 is 4.79 Å². The van der Waals surface area contributed by atoms with Gasteiger partial charge in [-0.15, -0.1) is 0 Å². The van der Waals surface area contributed by atoms with E-state index in [1.807, 2.05) is 6.07 Å². The molecule has 1 aromatic carbocycles. The summed E-state index contributed by atoms with van der Waals surface area (Å²) in [5, 5.41) is 0. The van der Waals surface area contributed by atoms with Gasteiger partial charge in [0.05, 0.1) is 0 Å². The maximum atomic E-state index is 11.5. The summed E-state index contributed by atoms with van der Waals surface area (Å²) in [6.07, 6.45) is 4.22. The van der Waals surface area contributed by atoms with Crippen molar-refractivity contribution in [2.45, 2.75) is 32.6 Å². The van der Waals surface area contributed by atoms with Crippen LogP contribution in [-0.2, 0) is 4.79 Å². The molecule has 1 unspecified atom stereocenters. The van der Waals surface area contributed by atoms with E-state index in [9.17, 15) is 4.79 Å². The minimum Gasteiger partial charge on any atom is -0.295 e. The van der Waals surface area contributed by atoms with Gasteiger partial charge >= 0.3 is 0 Å². The van der Waals surface area contributed by atoms with E-state index in [0.29, 0.717) is 5.92 Å². The van der Waals surface area contributed by atoms with E-state index in [4.69, 9.17) is 0 Å². The Morgan fingerprint density at radius 3 is 2.73 bits per heavy atom. The van der Waals surface area contributed by atoms with Crippen LogP contribution in [0.5, 0.6) is 0 Å². The van der Waals surface area contributed by atoms with Gasteiger partial charge in [-0.25, -0.2) is 0 Å². The molecule has 0 aromatic heterocycles. The van der Waals surface area contributed by atoms with Gasteiger partial charge in [0, 0.05) is 5.92 Å². The molecule has 0 radical (unpaired) electrons. The zero-order valence-electron chi connectivity index (χ0n) is 9.29. The van der Waals surface area contributed by atoms with Gasteiger partial charge in [-0.1, -0.05) is 30.3 Å². The number of carbonyl (C=O) groups excluding carboxylic acids is 1. The van der Waals surface area contributed by atoms with Crippen molar-refractivity contribution in [1.29, 1.82) is 0 Å². The summed E-state index contributed by atoms with van der Waals surface area (Å²) in [7, 11) is 0. The minimum absolute atomic E-state index is 0.223. The van der Waals surface area contributed by atoms with E-state index < -0.39 is 0 Å². The maximum Gasteiger partial charge on any atom is 0.156 e. The van der Waals surface area contributed by atoms with Crippen molar-refractivity contribution in [2.75, 3.05) is 0 Å². The van der Waals surface area contributed by atoms with Crippen LogP contribution in [-0.4, -0.2) is 5.78 Å². The molecule has 15 heavy (non-hydrogen) atoms. The van der Waals surface area contributed by atoms with E-state index in [1.165, 1.54) is 11.1 Å². The van der Waals surface area contributed by atoms with Crippen LogP contribution in [0, 0.1) is 6.92 Å². The van der Waals surface area contributed by atoms with Crippen LogP contribution >= 0.6 is 0 Å². The molecule has 1 heteroatoms. The summed E-state index contributed by atoms with van der Waals surface area (Å²) in [4.78, 5) is 11.5. The first kappa shape index (κ1) is 10.2. The molecule has 0 fully saturated rings. The third-order valence-electron chi connectivity index (χ3n) is 3.17. The fourth-order valence-corrected chi connectivity index (χ4v) is 2.39. The lowest BCUT2D eigenvalue weighted by Crippen LogP contribution is -2.06. The molecule has 78 valence electrons. The predicted molar refractivity (Wildman–Crippen MR) is 61.9 cm³/mol. The summed E-state index contributed by atoms with van der Waals surface area (Å²) in [5.74, 6) is 0.560. The summed E-state index contributed by atoms with van der Waals surface area (Å²) >= 11 is 0. The molecule has 0 amide bonds. The molecule has 0 saturated carbocycles. The van der Waals surface area contributed by atoms with E-state index >= 15 is 0 Å².